The minimum Gasteiger partial charge on any atom is -0.454 e. The molecule has 2 saturated heterocycles. The van der Waals surface area contributed by atoms with Crippen LogP contribution in [0.15, 0.2) is 77.7 Å². The SMILES string of the molecule is CC(C)(CCCOC(=O)Oc1ccc([N+](=O)[O-])cc1)CN(C[C@@H](O)[C@H](Cc1ccccc1)NC(=O)O[C@H]1CO[C@H]2OCC[C@H]21)S(=O)(=O)c1ccc2c(c1)OCO2. The molecule has 302 valence electrons. The molecule has 3 heterocycles. The lowest BCUT2D eigenvalue weighted by Gasteiger charge is -2.35. The number of rotatable bonds is 17. The average molecular weight is 800 g/mol. The number of alkyl carbamates (subject to hydrolysis) is 1. The van der Waals surface area contributed by atoms with Crippen LogP contribution in [-0.2, 0) is 35.4 Å². The van der Waals surface area contributed by atoms with Crippen LogP contribution in [0.4, 0.5) is 15.3 Å². The Morgan fingerprint density at radius 2 is 1.80 bits per heavy atom. The predicted molar refractivity (Wildman–Crippen MR) is 197 cm³/mol. The summed E-state index contributed by atoms with van der Waals surface area (Å²) in [5.41, 5.74) is -0.0886. The molecule has 0 saturated carbocycles. The molecule has 0 radical (unpaired) electrons. The van der Waals surface area contributed by atoms with Gasteiger partial charge < -0.3 is 43.6 Å². The van der Waals surface area contributed by atoms with Gasteiger partial charge in [0.2, 0.25) is 16.8 Å². The topological polar surface area (TPSA) is 212 Å². The number of hydrogen-bond acceptors (Lipinski definition) is 14. The summed E-state index contributed by atoms with van der Waals surface area (Å²) in [6.07, 6.45) is -2.58. The molecule has 0 spiro atoms. The minimum absolute atomic E-state index is 0.0534. The summed E-state index contributed by atoms with van der Waals surface area (Å²) in [4.78, 5) is 35.8. The van der Waals surface area contributed by atoms with Gasteiger partial charge in [-0.3, -0.25) is 10.1 Å². The summed E-state index contributed by atoms with van der Waals surface area (Å²) in [6, 6.07) is 17.4. The molecule has 0 unspecified atom stereocenters. The lowest BCUT2D eigenvalue weighted by molar-refractivity contribution is -0.384. The molecular formula is C38H45N3O14S. The molecule has 3 aliphatic rings. The summed E-state index contributed by atoms with van der Waals surface area (Å²) < 4.78 is 68.0. The van der Waals surface area contributed by atoms with Crippen LogP contribution < -0.4 is 19.5 Å². The second kappa shape index (κ2) is 17.8. The van der Waals surface area contributed by atoms with Crippen molar-refractivity contribution in [1.82, 2.24) is 9.62 Å². The van der Waals surface area contributed by atoms with Crippen molar-refractivity contribution in [3.8, 4) is 17.2 Å². The van der Waals surface area contributed by atoms with Crippen LogP contribution in [0.1, 0.15) is 38.7 Å². The van der Waals surface area contributed by atoms with Crippen LogP contribution in [0, 0.1) is 21.4 Å². The van der Waals surface area contributed by atoms with Gasteiger partial charge in [-0.1, -0.05) is 44.2 Å². The van der Waals surface area contributed by atoms with E-state index in [1.165, 1.54) is 46.8 Å². The third-order valence-corrected chi connectivity index (χ3v) is 11.6. The number of nitrogens with zero attached hydrogens (tertiary/aromatic N) is 2. The number of ether oxygens (including phenoxy) is 7. The van der Waals surface area contributed by atoms with E-state index in [0.717, 1.165) is 5.56 Å². The highest BCUT2D eigenvalue weighted by Gasteiger charge is 2.44. The van der Waals surface area contributed by atoms with Gasteiger partial charge in [0.05, 0.1) is 47.7 Å². The van der Waals surface area contributed by atoms with Crippen molar-refractivity contribution in [2.45, 2.75) is 69.0 Å². The highest BCUT2D eigenvalue weighted by molar-refractivity contribution is 7.89. The number of sulfonamides is 1. The van der Waals surface area contributed by atoms with Crippen LogP contribution >= 0.6 is 0 Å². The first kappa shape index (κ1) is 40.6. The Labute approximate surface area is 323 Å². The number of hydrogen-bond donors (Lipinski definition) is 2. The molecule has 2 N–H and O–H groups in total. The molecule has 3 aliphatic heterocycles. The molecule has 0 aliphatic carbocycles. The lowest BCUT2D eigenvalue weighted by Crippen LogP contribution is -2.52. The molecule has 18 heteroatoms. The Morgan fingerprint density at radius 3 is 2.55 bits per heavy atom. The summed E-state index contributed by atoms with van der Waals surface area (Å²) in [5.74, 6) is 0.633. The highest BCUT2D eigenvalue weighted by atomic mass is 32.2. The van der Waals surface area contributed by atoms with Gasteiger partial charge in [-0.15, -0.1) is 0 Å². The van der Waals surface area contributed by atoms with Gasteiger partial charge in [0, 0.05) is 31.3 Å². The molecule has 1 amide bonds. The standard InChI is InChI=1S/C38H45N3O14S/c1-38(2,16-6-17-50-37(44)54-27-11-9-26(10-12-27)41(45)46)23-40(56(47,48)28-13-14-32-33(20-28)53-24-52-32)21-31(42)30(19-25-7-4-3-5-8-25)39-36(43)55-34-22-51-35-29(34)15-18-49-35/h3-5,7-14,20,29-31,34-35,42H,6,15-19,21-24H2,1-2H3,(H,39,43)/t29-,30-,31+,34-,35+/m0/s1. The maximum atomic E-state index is 14.4. The van der Waals surface area contributed by atoms with Gasteiger partial charge in [0.15, 0.2) is 17.8 Å². The first-order valence-electron chi connectivity index (χ1n) is 18.2. The van der Waals surface area contributed by atoms with Gasteiger partial charge in [-0.25, -0.2) is 18.0 Å². The summed E-state index contributed by atoms with van der Waals surface area (Å²) in [6.45, 7) is 3.78. The summed E-state index contributed by atoms with van der Waals surface area (Å²) in [7, 11) is -4.29. The molecular weight excluding hydrogens is 754 g/mol. The van der Waals surface area contributed by atoms with Gasteiger partial charge in [-0.2, -0.15) is 4.31 Å². The van der Waals surface area contributed by atoms with Crippen molar-refractivity contribution < 1.29 is 61.2 Å². The van der Waals surface area contributed by atoms with E-state index in [1.807, 2.05) is 44.2 Å². The Bertz CT molecular complexity index is 1950. The zero-order valence-corrected chi connectivity index (χ0v) is 31.8. The van der Waals surface area contributed by atoms with E-state index in [9.17, 15) is 33.2 Å². The van der Waals surface area contributed by atoms with Crippen LogP contribution in [0.3, 0.4) is 0 Å². The molecule has 5 atom stereocenters. The minimum atomic E-state index is -4.29. The fourth-order valence-electron chi connectivity index (χ4n) is 6.82. The molecule has 6 rings (SSSR count). The zero-order valence-electron chi connectivity index (χ0n) is 30.9. The van der Waals surface area contributed by atoms with E-state index in [-0.39, 0.29) is 61.0 Å². The lowest BCUT2D eigenvalue weighted by atomic mass is 9.87. The maximum absolute atomic E-state index is 14.4. The monoisotopic (exact) mass is 799 g/mol. The normalized spacial score (nSPS) is 19.9. The number of amides is 1. The van der Waals surface area contributed by atoms with Crippen LogP contribution in [0.25, 0.3) is 0 Å². The van der Waals surface area contributed by atoms with Crippen molar-refractivity contribution in [3.05, 3.63) is 88.5 Å². The number of nitrogens with one attached hydrogen (secondary N) is 1. The number of carbonyl (C=O) groups excluding carboxylic acids is 2. The number of non-ortho nitro benzene ring substituents is 1. The molecule has 0 bridgehead atoms. The summed E-state index contributed by atoms with van der Waals surface area (Å²) in [5, 5.41) is 25.5. The Kier molecular flexibility index (Phi) is 13.0. The first-order valence-corrected chi connectivity index (χ1v) is 19.6. The van der Waals surface area contributed by atoms with Crippen molar-refractivity contribution in [3.63, 3.8) is 0 Å². The van der Waals surface area contributed by atoms with Crippen LogP contribution in [0.2, 0.25) is 0 Å². The fraction of sp³-hybridized carbons (Fsp3) is 0.474. The molecule has 17 nitrogen and oxygen atoms in total. The Morgan fingerprint density at radius 1 is 1.05 bits per heavy atom. The first-order chi connectivity index (χ1) is 26.8. The van der Waals surface area contributed by atoms with Gasteiger partial charge in [0.1, 0.15) is 11.9 Å². The third kappa shape index (κ3) is 10.4. The van der Waals surface area contributed by atoms with E-state index in [2.05, 4.69) is 5.32 Å². The average Bonchev–Trinajstić information content (AvgIpc) is 3.92. The quantitative estimate of drug-likeness (QED) is 0.0618. The maximum Gasteiger partial charge on any atom is 0.513 e. The number of benzene rings is 3. The number of aliphatic hydroxyl groups is 1. The van der Waals surface area contributed by atoms with Crippen LogP contribution in [-0.4, -0.2) is 99.2 Å². The second-order valence-electron chi connectivity index (χ2n) is 14.5. The predicted octanol–water partition coefficient (Wildman–Crippen LogP) is 4.80. The smallest absolute Gasteiger partial charge is 0.454 e. The van der Waals surface area contributed by atoms with E-state index < -0.39 is 63.7 Å². The number of nitro groups is 1. The molecule has 2 fully saturated rings. The summed E-state index contributed by atoms with van der Waals surface area (Å²) >= 11 is 0. The molecule has 56 heavy (non-hydrogen) atoms. The number of carbonyl (C=O) groups is 2. The number of fused-ring (bicyclic) bond motifs is 2. The zero-order chi connectivity index (χ0) is 39.9. The van der Waals surface area contributed by atoms with Gasteiger partial charge in [-0.05, 0) is 60.9 Å². The van der Waals surface area contributed by atoms with Gasteiger partial charge >= 0.3 is 12.2 Å². The molecule has 3 aromatic rings. The number of nitro benzene ring substituents is 1. The van der Waals surface area contributed by atoms with E-state index in [0.29, 0.717) is 31.6 Å². The third-order valence-electron chi connectivity index (χ3n) is 9.75. The molecule has 0 aromatic heterocycles. The van der Waals surface area contributed by atoms with E-state index in [4.69, 9.17) is 33.2 Å². The van der Waals surface area contributed by atoms with Gasteiger partial charge in [0.25, 0.3) is 5.69 Å². The Balaban J connectivity index is 1.14. The van der Waals surface area contributed by atoms with Crippen molar-refractivity contribution in [2.24, 2.45) is 11.3 Å². The number of aliphatic hydroxyl groups excluding tert-OH is 1. The van der Waals surface area contributed by atoms with E-state index in [1.54, 1.807) is 0 Å². The van der Waals surface area contributed by atoms with E-state index >= 15 is 0 Å². The molecule has 3 aromatic carbocycles. The Hall–Kier alpha value is -5.01. The van der Waals surface area contributed by atoms with Crippen molar-refractivity contribution in [2.75, 3.05) is 39.7 Å². The van der Waals surface area contributed by atoms with Crippen molar-refractivity contribution in [1.29, 1.82) is 0 Å². The van der Waals surface area contributed by atoms with Crippen molar-refractivity contribution >= 4 is 28.0 Å². The fourth-order valence-corrected chi connectivity index (χ4v) is 8.48. The largest absolute Gasteiger partial charge is 0.513 e. The highest BCUT2D eigenvalue weighted by Crippen LogP contribution is 2.36. The second-order valence-corrected chi connectivity index (χ2v) is 16.4. The van der Waals surface area contributed by atoms with Crippen LogP contribution in [0.5, 0.6) is 17.2 Å².